The Bertz CT molecular complexity index is 681. The Hall–Kier alpha value is -1.92. The predicted molar refractivity (Wildman–Crippen MR) is 109 cm³/mol. The van der Waals surface area contributed by atoms with Crippen LogP contribution in [0.2, 0.25) is 0 Å². The molecule has 0 aliphatic carbocycles. The van der Waals surface area contributed by atoms with Crippen LogP contribution in [0.1, 0.15) is 37.2 Å². The van der Waals surface area contributed by atoms with Gasteiger partial charge in [0.2, 0.25) is 11.8 Å². The van der Waals surface area contributed by atoms with E-state index in [0.29, 0.717) is 25.5 Å². The largest absolute Gasteiger partial charge is 0.342 e. The molecule has 6 nitrogen and oxygen atoms in total. The standard InChI is InChI=1S/C22H32N4O2/c23-20-15-24(14-19(20)17-6-2-1-3-7-17)16-21(27)25-12-8-18(9-13-25)22(28)26-10-4-5-11-26/h1-3,6-7,18-20H,4-5,8-16,23H2/t19-,20+/m0/s1. The van der Waals surface area contributed by atoms with Gasteiger partial charge in [0, 0.05) is 57.1 Å². The van der Waals surface area contributed by atoms with Gasteiger partial charge in [-0.3, -0.25) is 14.5 Å². The van der Waals surface area contributed by atoms with Crippen LogP contribution in [0.25, 0.3) is 0 Å². The van der Waals surface area contributed by atoms with Crippen molar-refractivity contribution in [1.82, 2.24) is 14.7 Å². The summed E-state index contributed by atoms with van der Waals surface area (Å²) in [6.45, 7) is 5.25. The monoisotopic (exact) mass is 384 g/mol. The molecule has 4 rings (SSSR count). The molecule has 3 saturated heterocycles. The molecule has 3 aliphatic rings. The molecule has 152 valence electrons. The fourth-order valence-electron chi connectivity index (χ4n) is 4.96. The summed E-state index contributed by atoms with van der Waals surface area (Å²) in [4.78, 5) is 31.5. The first kappa shape index (κ1) is 19.4. The molecule has 1 aromatic rings. The molecule has 1 aromatic carbocycles. The zero-order valence-electron chi connectivity index (χ0n) is 16.6. The Labute approximate surface area is 167 Å². The number of hydrogen-bond acceptors (Lipinski definition) is 4. The van der Waals surface area contributed by atoms with Crippen molar-refractivity contribution in [1.29, 1.82) is 0 Å². The molecule has 3 heterocycles. The van der Waals surface area contributed by atoms with E-state index < -0.39 is 0 Å². The van der Waals surface area contributed by atoms with Gasteiger partial charge in [0.15, 0.2) is 0 Å². The third-order valence-electron chi connectivity index (χ3n) is 6.64. The molecule has 0 unspecified atom stereocenters. The number of amides is 2. The van der Waals surface area contributed by atoms with Gasteiger partial charge in [0.1, 0.15) is 0 Å². The predicted octanol–water partition coefficient (Wildman–Crippen LogP) is 1.27. The van der Waals surface area contributed by atoms with E-state index in [-0.39, 0.29) is 23.8 Å². The number of rotatable bonds is 4. The molecule has 0 aromatic heterocycles. The Morgan fingerprint density at radius 2 is 1.61 bits per heavy atom. The minimum atomic E-state index is 0.0685. The first-order valence-corrected chi connectivity index (χ1v) is 10.7. The van der Waals surface area contributed by atoms with Gasteiger partial charge in [-0.05, 0) is 31.2 Å². The highest BCUT2D eigenvalue weighted by atomic mass is 16.2. The summed E-state index contributed by atoms with van der Waals surface area (Å²) < 4.78 is 0. The van der Waals surface area contributed by atoms with Crippen molar-refractivity contribution in [3.63, 3.8) is 0 Å². The van der Waals surface area contributed by atoms with Crippen molar-refractivity contribution in [3.05, 3.63) is 35.9 Å². The van der Waals surface area contributed by atoms with Crippen LogP contribution in [-0.4, -0.2) is 78.4 Å². The number of likely N-dealkylation sites (tertiary alicyclic amines) is 3. The highest BCUT2D eigenvalue weighted by Gasteiger charge is 2.35. The van der Waals surface area contributed by atoms with Crippen molar-refractivity contribution in [2.75, 3.05) is 45.8 Å². The van der Waals surface area contributed by atoms with Crippen LogP contribution < -0.4 is 5.73 Å². The lowest BCUT2D eigenvalue weighted by atomic mass is 9.95. The van der Waals surface area contributed by atoms with E-state index in [1.807, 2.05) is 28.0 Å². The second-order valence-corrected chi connectivity index (χ2v) is 8.56. The van der Waals surface area contributed by atoms with Crippen LogP contribution >= 0.6 is 0 Å². The lowest BCUT2D eigenvalue weighted by Gasteiger charge is -2.34. The van der Waals surface area contributed by atoms with Crippen LogP contribution in [-0.2, 0) is 9.59 Å². The van der Waals surface area contributed by atoms with E-state index in [9.17, 15) is 9.59 Å². The Morgan fingerprint density at radius 3 is 2.29 bits per heavy atom. The molecule has 0 saturated carbocycles. The van der Waals surface area contributed by atoms with Gasteiger partial charge in [-0.25, -0.2) is 0 Å². The molecule has 0 spiro atoms. The first-order chi connectivity index (χ1) is 13.6. The maximum atomic E-state index is 12.8. The van der Waals surface area contributed by atoms with Crippen LogP contribution in [0.5, 0.6) is 0 Å². The van der Waals surface area contributed by atoms with E-state index in [1.54, 1.807) is 0 Å². The summed E-state index contributed by atoms with van der Waals surface area (Å²) in [5.41, 5.74) is 7.61. The first-order valence-electron chi connectivity index (χ1n) is 10.7. The highest BCUT2D eigenvalue weighted by Crippen LogP contribution is 2.27. The smallest absolute Gasteiger partial charge is 0.236 e. The van der Waals surface area contributed by atoms with E-state index in [1.165, 1.54) is 5.56 Å². The van der Waals surface area contributed by atoms with Gasteiger partial charge >= 0.3 is 0 Å². The summed E-state index contributed by atoms with van der Waals surface area (Å²) in [5, 5.41) is 0. The second-order valence-electron chi connectivity index (χ2n) is 8.56. The summed E-state index contributed by atoms with van der Waals surface area (Å²) in [6.07, 6.45) is 3.86. The Morgan fingerprint density at radius 1 is 0.929 bits per heavy atom. The van der Waals surface area contributed by atoms with Crippen LogP contribution in [0.15, 0.2) is 30.3 Å². The quantitative estimate of drug-likeness (QED) is 0.849. The molecule has 2 N–H and O–H groups in total. The maximum Gasteiger partial charge on any atom is 0.236 e. The van der Waals surface area contributed by atoms with Gasteiger partial charge in [0.05, 0.1) is 6.54 Å². The van der Waals surface area contributed by atoms with Crippen molar-refractivity contribution >= 4 is 11.8 Å². The lowest BCUT2D eigenvalue weighted by molar-refractivity contribution is -0.140. The topological polar surface area (TPSA) is 69.9 Å². The zero-order chi connectivity index (χ0) is 19.5. The number of piperidine rings is 1. The van der Waals surface area contributed by atoms with Gasteiger partial charge in [-0.1, -0.05) is 30.3 Å². The SMILES string of the molecule is N[C@@H]1CN(CC(=O)N2CCC(C(=O)N3CCCC3)CC2)C[C@H]1c1ccccc1. The zero-order valence-corrected chi connectivity index (χ0v) is 16.6. The second kappa shape index (κ2) is 8.62. The van der Waals surface area contributed by atoms with Gasteiger partial charge in [-0.2, -0.15) is 0 Å². The minimum Gasteiger partial charge on any atom is -0.342 e. The summed E-state index contributed by atoms with van der Waals surface area (Å²) in [5.74, 6) is 0.872. The van der Waals surface area contributed by atoms with Crippen molar-refractivity contribution in [2.45, 2.75) is 37.6 Å². The van der Waals surface area contributed by atoms with E-state index in [2.05, 4.69) is 17.0 Å². The number of nitrogens with zero attached hydrogens (tertiary/aromatic N) is 3. The molecular weight excluding hydrogens is 352 g/mol. The molecule has 6 heteroatoms. The lowest BCUT2D eigenvalue weighted by Crippen LogP contribution is -2.46. The summed E-state index contributed by atoms with van der Waals surface area (Å²) >= 11 is 0. The fraction of sp³-hybridized carbons (Fsp3) is 0.636. The molecule has 2 amide bonds. The minimum absolute atomic E-state index is 0.0685. The van der Waals surface area contributed by atoms with Crippen molar-refractivity contribution < 1.29 is 9.59 Å². The third kappa shape index (κ3) is 4.23. The molecule has 2 atom stereocenters. The molecule has 3 fully saturated rings. The molecule has 0 radical (unpaired) electrons. The summed E-state index contributed by atoms with van der Waals surface area (Å²) in [6, 6.07) is 10.4. The third-order valence-corrected chi connectivity index (χ3v) is 6.64. The van der Waals surface area contributed by atoms with E-state index in [4.69, 9.17) is 5.73 Å². The summed E-state index contributed by atoms with van der Waals surface area (Å²) in [7, 11) is 0. The molecule has 28 heavy (non-hydrogen) atoms. The van der Waals surface area contributed by atoms with Crippen LogP contribution in [0.3, 0.4) is 0 Å². The van der Waals surface area contributed by atoms with Gasteiger partial charge < -0.3 is 15.5 Å². The van der Waals surface area contributed by atoms with E-state index in [0.717, 1.165) is 51.9 Å². The normalized spacial score (nSPS) is 26.8. The van der Waals surface area contributed by atoms with Gasteiger partial charge in [0.25, 0.3) is 0 Å². The van der Waals surface area contributed by atoms with Crippen molar-refractivity contribution in [3.8, 4) is 0 Å². The van der Waals surface area contributed by atoms with E-state index >= 15 is 0 Å². The molecule has 0 bridgehead atoms. The Balaban J connectivity index is 1.25. The maximum absolute atomic E-state index is 12.8. The average molecular weight is 385 g/mol. The number of benzene rings is 1. The highest BCUT2D eigenvalue weighted by molar-refractivity contribution is 5.81. The number of nitrogens with two attached hydrogens (primary N) is 1. The number of carbonyl (C=O) groups excluding carboxylic acids is 2. The van der Waals surface area contributed by atoms with Gasteiger partial charge in [-0.15, -0.1) is 0 Å². The molecular formula is C22H32N4O2. The average Bonchev–Trinajstić information content (AvgIpc) is 3.38. The number of carbonyl (C=O) groups is 2. The number of hydrogen-bond donors (Lipinski definition) is 1. The fourth-order valence-corrected chi connectivity index (χ4v) is 4.96. The van der Waals surface area contributed by atoms with Crippen molar-refractivity contribution in [2.24, 2.45) is 11.7 Å². The Kier molecular flexibility index (Phi) is 5.97. The molecule has 3 aliphatic heterocycles. The van der Waals surface area contributed by atoms with Crippen LogP contribution in [0.4, 0.5) is 0 Å². The van der Waals surface area contributed by atoms with Crippen LogP contribution in [0, 0.1) is 5.92 Å².